The number of anilines is 2. The molecule has 1 aromatic carbocycles. The molecule has 0 spiro atoms. The number of aromatic nitrogens is 1. The fraction of sp³-hybridized carbons (Fsp3) is 0.375. The van der Waals surface area contributed by atoms with Gasteiger partial charge in [-0.2, -0.15) is 0 Å². The van der Waals surface area contributed by atoms with Gasteiger partial charge in [-0.15, -0.1) is 0 Å². The molecule has 1 saturated heterocycles. The summed E-state index contributed by atoms with van der Waals surface area (Å²) in [5.74, 6) is 0.137. The number of rotatable bonds is 2. The summed E-state index contributed by atoms with van der Waals surface area (Å²) in [4.78, 5) is 20.4. The molecule has 2 heterocycles. The Morgan fingerprint density at radius 3 is 2.95 bits per heavy atom. The normalized spacial score (nSPS) is 18.2. The predicted octanol–water partition coefficient (Wildman–Crippen LogP) is 1.87. The van der Waals surface area contributed by atoms with Crippen molar-refractivity contribution in [2.45, 2.75) is 18.9 Å². The zero-order valence-electron chi connectivity index (χ0n) is 12.4. The highest BCUT2D eigenvalue weighted by atomic mass is 16.2. The molecule has 5 heteroatoms. The van der Waals surface area contributed by atoms with Crippen LogP contribution in [0.2, 0.25) is 0 Å². The standard InChI is InChI=1S/C16H20N4O/c1-19(2)16(21)14-6-4-10-20(14)13-8-7-12-11(15(13)17)5-3-9-18-12/h3,5,7-9,14H,4,6,10,17H2,1-2H3. The van der Waals surface area contributed by atoms with Crippen molar-refractivity contribution in [1.82, 2.24) is 9.88 Å². The van der Waals surface area contributed by atoms with Gasteiger partial charge in [-0.3, -0.25) is 9.78 Å². The Morgan fingerprint density at radius 1 is 1.38 bits per heavy atom. The van der Waals surface area contributed by atoms with Crippen LogP contribution < -0.4 is 10.6 Å². The van der Waals surface area contributed by atoms with E-state index in [0.717, 1.165) is 36.0 Å². The molecule has 1 aromatic heterocycles. The maximum absolute atomic E-state index is 12.3. The van der Waals surface area contributed by atoms with Crippen molar-refractivity contribution in [2.75, 3.05) is 31.3 Å². The zero-order valence-corrected chi connectivity index (χ0v) is 12.4. The molecule has 1 aliphatic rings. The number of pyridine rings is 1. The van der Waals surface area contributed by atoms with E-state index in [9.17, 15) is 4.79 Å². The molecule has 110 valence electrons. The van der Waals surface area contributed by atoms with E-state index in [1.165, 1.54) is 0 Å². The van der Waals surface area contributed by atoms with Gasteiger partial charge in [0.1, 0.15) is 6.04 Å². The van der Waals surface area contributed by atoms with Crippen molar-refractivity contribution in [2.24, 2.45) is 0 Å². The molecular weight excluding hydrogens is 264 g/mol. The summed E-state index contributed by atoms with van der Waals surface area (Å²) in [6, 6.07) is 7.69. The first kappa shape index (κ1) is 13.7. The second kappa shape index (κ2) is 5.24. The van der Waals surface area contributed by atoms with Gasteiger partial charge in [0.2, 0.25) is 5.91 Å². The number of carbonyl (C=O) groups is 1. The van der Waals surface area contributed by atoms with Crippen LogP contribution in [0.1, 0.15) is 12.8 Å². The van der Waals surface area contributed by atoms with E-state index in [0.29, 0.717) is 5.69 Å². The van der Waals surface area contributed by atoms with E-state index < -0.39 is 0 Å². The van der Waals surface area contributed by atoms with Gasteiger partial charge < -0.3 is 15.5 Å². The highest BCUT2D eigenvalue weighted by Gasteiger charge is 2.32. The fourth-order valence-electron chi connectivity index (χ4n) is 3.02. The summed E-state index contributed by atoms with van der Waals surface area (Å²) < 4.78 is 0. The minimum atomic E-state index is -0.114. The molecule has 0 saturated carbocycles. The Balaban J connectivity index is 2.03. The number of nitrogens with zero attached hydrogens (tertiary/aromatic N) is 3. The third-order valence-corrected chi connectivity index (χ3v) is 4.09. The van der Waals surface area contributed by atoms with Gasteiger partial charge in [-0.1, -0.05) is 0 Å². The number of carbonyl (C=O) groups excluding carboxylic acids is 1. The van der Waals surface area contributed by atoms with Gasteiger partial charge in [0.05, 0.1) is 16.9 Å². The van der Waals surface area contributed by atoms with Crippen LogP contribution in [0.4, 0.5) is 11.4 Å². The summed E-state index contributed by atoms with van der Waals surface area (Å²) in [6.45, 7) is 0.861. The Bertz CT molecular complexity index is 683. The molecule has 2 aromatic rings. The number of nitrogens with two attached hydrogens (primary N) is 1. The lowest BCUT2D eigenvalue weighted by molar-refractivity contribution is -0.129. The van der Waals surface area contributed by atoms with Gasteiger partial charge >= 0.3 is 0 Å². The lowest BCUT2D eigenvalue weighted by Gasteiger charge is -2.29. The Hall–Kier alpha value is -2.30. The zero-order chi connectivity index (χ0) is 15.0. The Morgan fingerprint density at radius 2 is 2.19 bits per heavy atom. The highest BCUT2D eigenvalue weighted by molar-refractivity contribution is 5.98. The van der Waals surface area contributed by atoms with Crippen molar-refractivity contribution < 1.29 is 4.79 Å². The topological polar surface area (TPSA) is 62.5 Å². The molecule has 2 N–H and O–H groups in total. The van der Waals surface area contributed by atoms with Crippen molar-refractivity contribution in [3.05, 3.63) is 30.5 Å². The van der Waals surface area contributed by atoms with E-state index in [1.54, 1.807) is 25.2 Å². The molecule has 21 heavy (non-hydrogen) atoms. The number of hydrogen-bond donors (Lipinski definition) is 1. The molecule has 1 atom stereocenters. The molecule has 5 nitrogen and oxygen atoms in total. The number of fused-ring (bicyclic) bond motifs is 1. The van der Waals surface area contributed by atoms with Gasteiger partial charge in [0.25, 0.3) is 0 Å². The maximum Gasteiger partial charge on any atom is 0.244 e. The van der Waals surface area contributed by atoms with E-state index in [4.69, 9.17) is 5.73 Å². The van der Waals surface area contributed by atoms with E-state index in [1.807, 2.05) is 24.3 Å². The Labute approximate surface area is 124 Å². The van der Waals surface area contributed by atoms with Crippen molar-refractivity contribution >= 4 is 28.2 Å². The summed E-state index contributed by atoms with van der Waals surface area (Å²) >= 11 is 0. The fourth-order valence-corrected chi connectivity index (χ4v) is 3.02. The first-order chi connectivity index (χ1) is 10.1. The molecule has 1 unspecified atom stereocenters. The van der Waals surface area contributed by atoms with Gasteiger partial charge in [0.15, 0.2) is 0 Å². The lowest BCUT2D eigenvalue weighted by Crippen LogP contribution is -2.43. The first-order valence-corrected chi connectivity index (χ1v) is 7.20. The molecule has 1 aliphatic heterocycles. The van der Waals surface area contributed by atoms with Crippen LogP contribution in [-0.2, 0) is 4.79 Å². The average Bonchev–Trinajstić information content (AvgIpc) is 2.96. The van der Waals surface area contributed by atoms with Crippen LogP contribution in [0.3, 0.4) is 0 Å². The molecule has 1 amide bonds. The molecule has 0 aliphatic carbocycles. The van der Waals surface area contributed by atoms with Crippen LogP contribution >= 0.6 is 0 Å². The van der Waals surface area contributed by atoms with Crippen LogP contribution in [0, 0.1) is 0 Å². The molecule has 0 radical (unpaired) electrons. The molecule has 1 fully saturated rings. The van der Waals surface area contributed by atoms with Gasteiger partial charge in [-0.25, -0.2) is 0 Å². The van der Waals surface area contributed by atoms with Crippen LogP contribution in [0.5, 0.6) is 0 Å². The first-order valence-electron chi connectivity index (χ1n) is 7.20. The highest BCUT2D eigenvalue weighted by Crippen LogP contribution is 2.35. The third-order valence-electron chi connectivity index (χ3n) is 4.09. The monoisotopic (exact) mass is 284 g/mol. The predicted molar refractivity (Wildman–Crippen MR) is 85.2 cm³/mol. The number of hydrogen-bond acceptors (Lipinski definition) is 4. The maximum atomic E-state index is 12.3. The SMILES string of the molecule is CN(C)C(=O)C1CCCN1c1ccc2ncccc2c1N. The van der Waals surface area contributed by atoms with Gasteiger partial charge in [0, 0.05) is 32.2 Å². The average molecular weight is 284 g/mol. The molecular formula is C16H20N4O. The lowest BCUT2D eigenvalue weighted by atomic mass is 10.1. The van der Waals surface area contributed by atoms with Crippen LogP contribution in [0.15, 0.2) is 30.5 Å². The molecule has 3 rings (SSSR count). The summed E-state index contributed by atoms with van der Waals surface area (Å²) in [6.07, 6.45) is 3.64. The second-order valence-corrected chi connectivity index (χ2v) is 5.65. The van der Waals surface area contributed by atoms with E-state index in [2.05, 4.69) is 9.88 Å². The number of amides is 1. The minimum absolute atomic E-state index is 0.114. The van der Waals surface area contributed by atoms with Gasteiger partial charge in [-0.05, 0) is 37.1 Å². The largest absolute Gasteiger partial charge is 0.396 e. The van der Waals surface area contributed by atoms with E-state index >= 15 is 0 Å². The van der Waals surface area contributed by atoms with Crippen molar-refractivity contribution in [3.8, 4) is 0 Å². The van der Waals surface area contributed by atoms with Crippen LogP contribution in [-0.4, -0.2) is 42.5 Å². The number of likely N-dealkylation sites (N-methyl/N-ethyl adjacent to an activating group) is 1. The molecule has 0 bridgehead atoms. The quantitative estimate of drug-likeness (QED) is 0.855. The van der Waals surface area contributed by atoms with Crippen molar-refractivity contribution in [1.29, 1.82) is 0 Å². The number of benzene rings is 1. The third kappa shape index (κ3) is 2.28. The second-order valence-electron chi connectivity index (χ2n) is 5.65. The minimum Gasteiger partial charge on any atom is -0.396 e. The summed E-state index contributed by atoms with van der Waals surface area (Å²) in [5, 5.41) is 0.943. The van der Waals surface area contributed by atoms with Crippen LogP contribution in [0.25, 0.3) is 10.9 Å². The summed E-state index contributed by atoms with van der Waals surface area (Å²) in [7, 11) is 3.60. The summed E-state index contributed by atoms with van der Waals surface area (Å²) in [5.41, 5.74) is 8.86. The van der Waals surface area contributed by atoms with Crippen molar-refractivity contribution in [3.63, 3.8) is 0 Å². The number of nitrogen functional groups attached to an aromatic ring is 1. The Kier molecular flexibility index (Phi) is 3.41. The van der Waals surface area contributed by atoms with E-state index in [-0.39, 0.29) is 11.9 Å². The smallest absolute Gasteiger partial charge is 0.244 e.